The number of amides is 2. The summed E-state index contributed by atoms with van der Waals surface area (Å²) in [5, 5.41) is 3.19. The van der Waals surface area contributed by atoms with Crippen LogP contribution in [0.4, 0.5) is 0 Å². The van der Waals surface area contributed by atoms with Crippen molar-refractivity contribution in [2.45, 2.75) is 38.6 Å². The second-order valence-electron chi connectivity index (χ2n) is 5.10. The summed E-state index contributed by atoms with van der Waals surface area (Å²) in [6.45, 7) is 4.39. The van der Waals surface area contributed by atoms with Crippen molar-refractivity contribution in [1.29, 1.82) is 0 Å². The van der Waals surface area contributed by atoms with Gasteiger partial charge in [-0.1, -0.05) is 6.92 Å². The van der Waals surface area contributed by atoms with Crippen LogP contribution in [-0.2, 0) is 9.59 Å². The lowest BCUT2D eigenvalue weighted by molar-refractivity contribution is -0.138. The average Bonchev–Trinajstić information content (AvgIpc) is 2.56. The lowest BCUT2D eigenvalue weighted by atomic mass is 10.2. The first kappa shape index (κ1) is 15.1. The third kappa shape index (κ3) is 4.38. The van der Waals surface area contributed by atoms with Gasteiger partial charge in [-0.25, -0.2) is 0 Å². The normalized spacial score (nSPS) is 20.2. The zero-order valence-corrected chi connectivity index (χ0v) is 11.7. The van der Waals surface area contributed by atoms with Crippen molar-refractivity contribution in [3.63, 3.8) is 0 Å². The number of carbonyl (C=O) groups is 2. The number of imide groups is 1. The molecule has 1 aliphatic rings. The molecule has 1 atom stereocenters. The first-order valence-electron chi connectivity index (χ1n) is 6.78. The third-order valence-corrected chi connectivity index (χ3v) is 3.11. The monoisotopic (exact) mass is 255 g/mol. The number of unbranched alkanes of at least 4 members (excludes halogenated alkanes) is 1. The fourth-order valence-corrected chi connectivity index (χ4v) is 2.13. The number of nitrogens with one attached hydrogen (secondary N) is 1. The van der Waals surface area contributed by atoms with Gasteiger partial charge in [0.25, 0.3) is 0 Å². The molecule has 0 spiro atoms. The van der Waals surface area contributed by atoms with Crippen LogP contribution in [0.2, 0.25) is 0 Å². The van der Waals surface area contributed by atoms with Gasteiger partial charge in [-0.2, -0.15) is 0 Å². The van der Waals surface area contributed by atoms with E-state index in [4.69, 9.17) is 0 Å². The largest absolute Gasteiger partial charge is 0.309 e. The minimum absolute atomic E-state index is 0.0346. The van der Waals surface area contributed by atoms with Crippen molar-refractivity contribution >= 4 is 11.8 Å². The summed E-state index contributed by atoms with van der Waals surface area (Å²) in [5.74, 6) is -0.0814. The van der Waals surface area contributed by atoms with Crippen LogP contribution < -0.4 is 5.32 Å². The van der Waals surface area contributed by atoms with Gasteiger partial charge >= 0.3 is 0 Å². The predicted octanol–water partition coefficient (Wildman–Crippen LogP) is 0.455. The minimum Gasteiger partial charge on any atom is -0.309 e. The van der Waals surface area contributed by atoms with E-state index >= 15 is 0 Å². The number of likely N-dealkylation sites (tertiary alicyclic amines) is 1. The predicted molar refractivity (Wildman–Crippen MR) is 71.2 cm³/mol. The summed E-state index contributed by atoms with van der Waals surface area (Å²) in [6, 6.07) is -0.289. The Hall–Kier alpha value is -0.940. The molecule has 0 aromatic rings. The topological polar surface area (TPSA) is 52.7 Å². The van der Waals surface area contributed by atoms with Gasteiger partial charge in [-0.05, 0) is 46.4 Å². The molecule has 2 amide bonds. The number of rotatable bonds is 8. The molecule has 5 heteroatoms. The summed E-state index contributed by atoms with van der Waals surface area (Å²) in [7, 11) is 4.10. The highest BCUT2D eigenvalue weighted by molar-refractivity contribution is 6.05. The van der Waals surface area contributed by atoms with E-state index in [2.05, 4.69) is 24.3 Å². The van der Waals surface area contributed by atoms with Crippen LogP contribution in [0.1, 0.15) is 32.6 Å². The molecule has 1 unspecified atom stereocenters. The fraction of sp³-hybridized carbons (Fsp3) is 0.846. The van der Waals surface area contributed by atoms with E-state index in [0.717, 1.165) is 32.4 Å². The van der Waals surface area contributed by atoms with Gasteiger partial charge in [-0.3, -0.25) is 14.5 Å². The molecule has 1 heterocycles. The number of carbonyl (C=O) groups excluding carboxylic acids is 2. The van der Waals surface area contributed by atoms with Crippen molar-refractivity contribution in [3.05, 3.63) is 0 Å². The highest BCUT2D eigenvalue weighted by Crippen LogP contribution is 2.13. The standard InChI is InChI=1S/C13H25N3O2/c1-4-8-16-12(17)10-11(13(16)18)14-7-5-6-9-15(2)3/h11,14H,4-10H2,1-3H3. The van der Waals surface area contributed by atoms with E-state index < -0.39 is 0 Å². The SMILES string of the molecule is CCCN1C(=O)CC(NCCCCN(C)C)C1=O. The summed E-state index contributed by atoms with van der Waals surface area (Å²) in [6.07, 6.45) is 3.29. The molecule has 1 saturated heterocycles. The minimum atomic E-state index is -0.289. The molecule has 0 saturated carbocycles. The maximum atomic E-state index is 11.9. The molecular formula is C13H25N3O2. The van der Waals surface area contributed by atoms with Gasteiger partial charge in [0.05, 0.1) is 12.5 Å². The Morgan fingerprint density at radius 3 is 2.67 bits per heavy atom. The lowest BCUT2D eigenvalue weighted by Gasteiger charge is -2.14. The molecule has 0 bridgehead atoms. The van der Waals surface area contributed by atoms with Crippen LogP contribution in [0, 0.1) is 0 Å². The lowest BCUT2D eigenvalue weighted by Crippen LogP contribution is -2.39. The summed E-state index contributed by atoms with van der Waals surface area (Å²) < 4.78 is 0. The number of nitrogens with zero attached hydrogens (tertiary/aromatic N) is 2. The maximum Gasteiger partial charge on any atom is 0.246 e. The van der Waals surface area contributed by atoms with Crippen LogP contribution >= 0.6 is 0 Å². The molecule has 0 aromatic carbocycles. The second kappa shape index (κ2) is 7.48. The van der Waals surface area contributed by atoms with Crippen LogP contribution in [0.3, 0.4) is 0 Å². The Balaban J connectivity index is 2.23. The number of hydrogen-bond donors (Lipinski definition) is 1. The number of hydrogen-bond acceptors (Lipinski definition) is 4. The summed E-state index contributed by atoms with van der Waals surface area (Å²) in [4.78, 5) is 27.1. The van der Waals surface area contributed by atoms with E-state index in [1.807, 2.05) is 6.92 Å². The van der Waals surface area contributed by atoms with E-state index in [1.54, 1.807) is 0 Å². The molecule has 1 aliphatic heterocycles. The molecule has 104 valence electrons. The summed E-state index contributed by atoms with van der Waals surface area (Å²) >= 11 is 0. The molecule has 18 heavy (non-hydrogen) atoms. The molecule has 1 rings (SSSR count). The highest BCUT2D eigenvalue weighted by Gasteiger charge is 2.37. The van der Waals surface area contributed by atoms with Gasteiger partial charge in [-0.15, -0.1) is 0 Å². The molecule has 1 N–H and O–H groups in total. The first-order valence-corrected chi connectivity index (χ1v) is 6.78. The van der Waals surface area contributed by atoms with Crippen LogP contribution in [-0.4, -0.2) is 61.4 Å². The zero-order chi connectivity index (χ0) is 13.5. The van der Waals surface area contributed by atoms with Crippen molar-refractivity contribution in [2.75, 3.05) is 33.7 Å². The van der Waals surface area contributed by atoms with Gasteiger partial charge in [0.2, 0.25) is 11.8 Å². The highest BCUT2D eigenvalue weighted by atomic mass is 16.2. The van der Waals surface area contributed by atoms with E-state index in [-0.39, 0.29) is 17.9 Å². The fourth-order valence-electron chi connectivity index (χ4n) is 2.13. The van der Waals surface area contributed by atoms with Crippen LogP contribution in [0.15, 0.2) is 0 Å². The molecule has 0 aromatic heterocycles. The van der Waals surface area contributed by atoms with Gasteiger partial charge < -0.3 is 10.2 Å². The van der Waals surface area contributed by atoms with Crippen molar-refractivity contribution in [1.82, 2.24) is 15.1 Å². The Bertz CT molecular complexity index is 292. The first-order chi connectivity index (χ1) is 8.56. The quantitative estimate of drug-likeness (QED) is 0.505. The Labute approximate surface area is 110 Å². The second-order valence-corrected chi connectivity index (χ2v) is 5.10. The molecule has 0 aliphatic carbocycles. The van der Waals surface area contributed by atoms with Crippen molar-refractivity contribution in [3.8, 4) is 0 Å². The third-order valence-electron chi connectivity index (χ3n) is 3.11. The Morgan fingerprint density at radius 2 is 2.06 bits per heavy atom. The summed E-state index contributed by atoms with van der Waals surface area (Å²) in [5.41, 5.74) is 0. The van der Waals surface area contributed by atoms with Gasteiger partial charge in [0, 0.05) is 6.54 Å². The zero-order valence-electron chi connectivity index (χ0n) is 11.7. The van der Waals surface area contributed by atoms with Crippen molar-refractivity contribution in [2.24, 2.45) is 0 Å². The Morgan fingerprint density at radius 1 is 1.33 bits per heavy atom. The molecular weight excluding hydrogens is 230 g/mol. The smallest absolute Gasteiger partial charge is 0.246 e. The molecule has 1 fully saturated rings. The van der Waals surface area contributed by atoms with Crippen LogP contribution in [0.25, 0.3) is 0 Å². The van der Waals surface area contributed by atoms with Gasteiger partial charge in [0.15, 0.2) is 0 Å². The molecule has 5 nitrogen and oxygen atoms in total. The molecule has 0 radical (unpaired) electrons. The van der Waals surface area contributed by atoms with E-state index in [1.165, 1.54) is 4.90 Å². The Kier molecular flexibility index (Phi) is 6.29. The maximum absolute atomic E-state index is 11.9. The van der Waals surface area contributed by atoms with Crippen LogP contribution in [0.5, 0.6) is 0 Å². The van der Waals surface area contributed by atoms with Crippen molar-refractivity contribution < 1.29 is 9.59 Å². The average molecular weight is 255 g/mol. The van der Waals surface area contributed by atoms with E-state index in [0.29, 0.717) is 13.0 Å². The van der Waals surface area contributed by atoms with E-state index in [9.17, 15) is 9.59 Å². The van der Waals surface area contributed by atoms with Gasteiger partial charge in [0.1, 0.15) is 0 Å².